The Morgan fingerprint density at radius 2 is 1.81 bits per heavy atom. The highest BCUT2D eigenvalue weighted by molar-refractivity contribution is 6.41. The van der Waals surface area contributed by atoms with Gasteiger partial charge >= 0.3 is 5.97 Å². The van der Waals surface area contributed by atoms with E-state index in [0.29, 0.717) is 12.8 Å². The van der Waals surface area contributed by atoms with E-state index in [9.17, 15) is 14.7 Å². The third-order valence-corrected chi connectivity index (χ3v) is 4.91. The minimum Gasteiger partial charge on any atom is -0.480 e. The van der Waals surface area contributed by atoms with Crippen LogP contribution in [0.5, 0.6) is 0 Å². The lowest BCUT2D eigenvalue weighted by atomic mass is 9.90. The van der Waals surface area contributed by atoms with Crippen molar-refractivity contribution >= 4 is 35.1 Å². The molecule has 0 saturated heterocycles. The van der Waals surface area contributed by atoms with Crippen LogP contribution >= 0.6 is 23.2 Å². The van der Waals surface area contributed by atoms with Gasteiger partial charge in [0.15, 0.2) is 0 Å². The van der Waals surface area contributed by atoms with Crippen LogP contribution in [0.3, 0.4) is 0 Å². The largest absolute Gasteiger partial charge is 0.480 e. The summed E-state index contributed by atoms with van der Waals surface area (Å²) in [6.07, 6.45) is 4.46. The number of nitrogens with zero attached hydrogens (tertiary/aromatic N) is 1. The molecule has 0 atom stereocenters. The Morgan fingerprint density at radius 1 is 1.24 bits per heavy atom. The summed E-state index contributed by atoms with van der Waals surface area (Å²) in [5.41, 5.74) is -0.938. The first-order valence-electron chi connectivity index (χ1n) is 6.94. The molecule has 0 unspecified atom stereocenters. The van der Waals surface area contributed by atoms with Crippen LogP contribution in [0.25, 0.3) is 0 Å². The second kappa shape index (κ2) is 6.28. The van der Waals surface area contributed by atoms with Crippen LogP contribution in [0, 0.1) is 0 Å². The molecule has 116 valence electrons. The first kappa shape index (κ1) is 16.2. The molecule has 1 aliphatic carbocycles. The average Bonchev–Trinajstić information content (AvgIpc) is 2.63. The van der Waals surface area contributed by atoms with Crippen molar-refractivity contribution in [3.63, 3.8) is 0 Å². The summed E-state index contributed by atoms with van der Waals surface area (Å²) in [7, 11) is 1.61. The molecule has 7 heteroatoms. The van der Waals surface area contributed by atoms with Crippen LogP contribution in [0.2, 0.25) is 10.2 Å². The molecule has 1 aromatic rings. The van der Waals surface area contributed by atoms with Crippen LogP contribution in [-0.2, 0) is 11.8 Å². The Balaban J connectivity index is 2.26. The Bertz CT molecular complexity index is 561. The van der Waals surface area contributed by atoms with E-state index in [-0.39, 0.29) is 15.9 Å². The van der Waals surface area contributed by atoms with Gasteiger partial charge in [-0.15, -0.1) is 0 Å². The highest BCUT2D eigenvalue weighted by atomic mass is 35.5. The first-order valence-corrected chi connectivity index (χ1v) is 7.69. The minimum atomic E-state index is -1.20. The molecular formula is C14H18Cl2N2O3. The van der Waals surface area contributed by atoms with Crippen LogP contribution in [0.4, 0.5) is 0 Å². The summed E-state index contributed by atoms with van der Waals surface area (Å²) < 4.78 is 1.45. The first-order chi connectivity index (χ1) is 9.87. The zero-order chi connectivity index (χ0) is 15.6. The van der Waals surface area contributed by atoms with Gasteiger partial charge in [-0.2, -0.15) is 0 Å². The molecule has 2 N–H and O–H groups in total. The molecule has 1 saturated carbocycles. The van der Waals surface area contributed by atoms with Crippen molar-refractivity contribution in [2.45, 2.75) is 44.1 Å². The highest BCUT2D eigenvalue weighted by Crippen LogP contribution is 2.29. The van der Waals surface area contributed by atoms with Crippen LogP contribution in [0.1, 0.15) is 49.0 Å². The monoisotopic (exact) mass is 332 g/mol. The molecule has 0 aliphatic heterocycles. The van der Waals surface area contributed by atoms with Crippen molar-refractivity contribution in [3.05, 3.63) is 21.9 Å². The number of carboxylic acid groups (broad SMARTS) is 1. The summed E-state index contributed by atoms with van der Waals surface area (Å²) >= 11 is 11.8. The second-order valence-electron chi connectivity index (χ2n) is 5.48. The molecule has 1 amide bonds. The van der Waals surface area contributed by atoms with Crippen molar-refractivity contribution < 1.29 is 14.7 Å². The molecule has 0 bridgehead atoms. The molecule has 1 aliphatic rings. The smallest absolute Gasteiger partial charge is 0.329 e. The van der Waals surface area contributed by atoms with E-state index < -0.39 is 17.4 Å². The number of carbonyl (C=O) groups is 2. The van der Waals surface area contributed by atoms with E-state index in [1.54, 1.807) is 7.05 Å². The van der Waals surface area contributed by atoms with Gasteiger partial charge in [-0.05, 0) is 18.9 Å². The minimum absolute atomic E-state index is 0.257. The number of aliphatic carboxylic acids is 1. The molecule has 1 aromatic heterocycles. The maximum atomic E-state index is 12.4. The number of carboxylic acids is 1. The standard InChI is InChI=1S/C14H18Cl2N2O3/c1-18-10(8-9(15)11(18)16)12(19)17-14(13(20)21)6-4-2-3-5-7-14/h8H,2-7H2,1H3,(H,17,19)(H,20,21). The molecule has 0 radical (unpaired) electrons. The maximum absolute atomic E-state index is 12.4. The number of rotatable bonds is 3. The fourth-order valence-electron chi connectivity index (χ4n) is 2.77. The molecule has 2 rings (SSSR count). The normalized spacial score (nSPS) is 18.0. The molecule has 21 heavy (non-hydrogen) atoms. The molecule has 5 nitrogen and oxygen atoms in total. The summed E-state index contributed by atoms with van der Waals surface area (Å²) in [6.45, 7) is 0. The van der Waals surface area contributed by atoms with E-state index in [4.69, 9.17) is 23.2 Å². The van der Waals surface area contributed by atoms with E-state index >= 15 is 0 Å². The zero-order valence-electron chi connectivity index (χ0n) is 11.8. The summed E-state index contributed by atoms with van der Waals surface area (Å²) in [6, 6.07) is 1.45. The molecule has 0 aromatic carbocycles. The molecule has 1 heterocycles. The van der Waals surface area contributed by atoms with Gasteiger partial charge in [0.2, 0.25) is 0 Å². The van der Waals surface area contributed by atoms with Crippen molar-refractivity contribution in [1.29, 1.82) is 0 Å². The highest BCUT2D eigenvalue weighted by Gasteiger charge is 2.40. The van der Waals surface area contributed by atoms with Crippen LogP contribution < -0.4 is 5.32 Å². The van der Waals surface area contributed by atoms with Crippen molar-refractivity contribution in [1.82, 2.24) is 9.88 Å². The fraction of sp³-hybridized carbons (Fsp3) is 0.571. The quantitative estimate of drug-likeness (QED) is 0.834. The summed E-state index contributed by atoms with van der Waals surface area (Å²) in [5, 5.41) is 12.8. The van der Waals surface area contributed by atoms with Gasteiger partial charge < -0.3 is 15.0 Å². The summed E-state index contributed by atoms with van der Waals surface area (Å²) in [5.74, 6) is -1.44. The lowest BCUT2D eigenvalue weighted by molar-refractivity contribution is -0.145. The lowest BCUT2D eigenvalue weighted by Gasteiger charge is -2.29. The van der Waals surface area contributed by atoms with E-state index in [0.717, 1.165) is 25.7 Å². The van der Waals surface area contributed by atoms with E-state index in [2.05, 4.69) is 5.32 Å². The molecule has 0 spiro atoms. The van der Waals surface area contributed by atoms with Gasteiger partial charge in [0.05, 0.1) is 5.02 Å². The van der Waals surface area contributed by atoms with Gasteiger partial charge in [0.1, 0.15) is 16.4 Å². The van der Waals surface area contributed by atoms with Gasteiger partial charge in [0, 0.05) is 7.05 Å². The lowest BCUT2D eigenvalue weighted by Crippen LogP contribution is -2.54. The predicted molar refractivity (Wildman–Crippen MR) is 81.0 cm³/mol. The second-order valence-corrected chi connectivity index (χ2v) is 6.25. The van der Waals surface area contributed by atoms with E-state index in [1.807, 2.05) is 0 Å². The Morgan fingerprint density at radius 3 is 2.24 bits per heavy atom. The maximum Gasteiger partial charge on any atom is 0.329 e. The molecular weight excluding hydrogens is 315 g/mol. The summed E-state index contributed by atoms with van der Waals surface area (Å²) in [4.78, 5) is 24.1. The third-order valence-electron chi connectivity index (χ3n) is 4.07. The average molecular weight is 333 g/mol. The molecule has 1 fully saturated rings. The third kappa shape index (κ3) is 3.19. The number of nitrogens with one attached hydrogen (secondary N) is 1. The van der Waals surface area contributed by atoms with Crippen LogP contribution in [-0.4, -0.2) is 27.1 Å². The number of carbonyl (C=O) groups excluding carboxylic acids is 1. The number of hydrogen-bond donors (Lipinski definition) is 2. The Hall–Kier alpha value is -1.20. The Kier molecular flexibility index (Phi) is 4.84. The van der Waals surface area contributed by atoms with Crippen LogP contribution in [0.15, 0.2) is 6.07 Å². The Labute approximate surface area is 133 Å². The van der Waals surface area contributed by atoms with Gasteiger partial charge in [-0.1, -0.05) is 48.9 Å². The van der Waals surface area contributed by atoms with Gasteiger partial charge in [-0.3, -0.25) is 4.79 Å². The topological polar surface area (TPSA) is 71.3 Å². The SMILES string of the molecule is Cn1c(C(=O)NC2(C(=O)O)CCCCCC2)cc(Cl)c1Cl. The fourth-order valence-corrected chi connectivity index (χ4v) is 3.14. The van der Waals surface area contributed by atoms with E-state index in [1.165, 1.54) is 10.6 Å². The van der Waals surface area contributed by atoms with Gasteiger partial charge in [-0.25, -0.2) is 4.79 Å². The van der Waals surface area contributed by atoms with Crippen molar-refractivity contribution in [2.24, 2.45) is 7.05 Å². The predicted octanol–water partition coefficient (Wildman–Crippen LogP) is 3.24. The number of aromatic nitrogens is 1. The number of halogens is 2. The van der Waals surface area contributed by atoms with Crippen molar-refractivity contribution in [2.75, 3.05) is 0 Å². The van der Waals surface area contributed by atoms with Crippen molar-refractivity contribution in [3.8, 4) is 0 Å². The van der Waals surface area contributed by atoms with Gasteiger partial charge in [0.25, 0.3) is 5.91 Å². The number of amides is 1. The zero-order valence-corrected chi connectivity index (χ0v) is 13.3. The number of hydrogen-bond acceptors (Lipinski definition) is 2.